The standard InChI is InChI=1S/2C3H6O2/c1-2-5-3-4-1;1-2-4-5-3-1/h2*1-3H2. The van der Waals surface area contributed by atoms with Gasteiger partial charge in [0.2, 0.25) is 0 Å². The first-order valence-corrected chi connectivity index (χ1v) is 3.40. The van der Waals surface area contributed by atoms with Crippen molar-refractivity contribution in [3.05, 3.63) is 0 Å². The Balaban J connectivity index is 0.0000001000. The molecule has 2 fully saturated rings. The molecule has 2 aliphatic rings. The van der Waals surface area contributed by atoms with E-state index in [2.05, 4.69) is 9.78 Å². The molecule has 0 radical (unpaired) electrons. The van der Waals surface area contributed by atoms with Crippen LogP contribution in [0.15, 0.2) is 0 Å². The molecule has 4 nitrogen and oxygen atoms in total. The Labute approximate surface area is 59.9 Å². The number of hydrogen-bond acceptors (Lipinski definition) is 4. The van der Waals surface area contributed by atoms with Crippen LogP contribution in [0.1, 0.15) is 6.42 Å². The lowest BCUT2D eigenvalue weighted by Gasteiger charge is -1.77. The zero-order valence-corrected chi connectivity index (χ0v) is 5.88. The van der Waals surface area contributed by atoms with E-state index < -0.39 is 0 Å². The third-order valence-electron chi connectivity index (χ3n) is 1.08. The average Bonchev–Trinajstić information content (AvgIpc) is 2.67. The summed E-state index contributed by atoms with van der Waals surface area (Å²) in [6.45, 7) is 3.61. The van der Waals surface area contributed by atoms with Crippen LogP contribution in [0.5, 0.6) is 0 Å². The van der Waals surface area contributed by atoms with Crippen molar-refractivity contribution >= 4 is 0 Å². The van der Waals surface area contributed by atoms with E-state index in [1.807, 2.05) is 0 Å². The molecule has 0 spiro atoms. The van der Waals surface area contributed by atoms with Gasteiger partial charge < -0.3 is 9.47 Å². The molecule has 60 valence electrons. The van der Waals surface area contributed by atoms with E-state index in [0.29, 0.717) is 6.79 Å². The first-order chi connectivity index (χ1) is 5.00. The first-order valence-electron chi connectivity index (χ1n) is 3.40. The molecule has 0 unspecified atom stereocenters. The van der Waals surface area contributed by atoms with E-state index in [4.69, 9.17) is 9.47 Å². The minimum atomic E-state index is 0.500. The number of rotatable bonds is 0. The lowest BCUT2D eigenvalue weighted by Crippen LogP contribution is -1.79. The van der Waals surface area contributed by atoms with Crippen LogP contribution in [0.2, 0.25) is 0 Å². The minimum Gasteiger partial charge on any atom is -0.353 e. The highest BCUT2D eigenvalue weighted by Crippen LogP contribution is 1.93. The van der Waals surface area contributed by atoms with Crippen LogP contribution in [0, 0.1) is 0 Å². The summed E-state index contributed by atoms with van der Waals surface area (Å²) in [4.78, 5) is 8.89. The van der Waals surface area contributed by atoms with Crippen molar-refractivity contribution in [2.75, 3.05) is 33.2 Å². The van der Waals surface area contributed by atoms with Gasteiger partial charge in [0.15, 0.2) is 0 Å². The van der Waals surface area contributed by atoms with E-state index in [-0.39, 0.29) is 0 Å². The van der Waals surface area contributed by atoms with Gasteiger partial charge in [0.25, 0.3) is 0 Å². The van der Waals surface area contributed by atoms with Crippen LogP contribution in [-0.2, 0) is 19.2 Å². The van der Waals surface area contributed by atoms with Gasteiger partial charge in [0.05, 0.1) is 26.4 Å². The van der Waals surface area contributed by atoms with E-state index in [9.17, 15) is 0 Å². The molecule has 2 heterocycles. The third-order valence-corrected chi connectivity index (χ3v) is 1.08. The van der Waals surface area contributed by atoms with Crippen molar-refractivity contribution in [3.8, 4) is 0 Å². The molecule has 0 aliphatic carbocycles. The predicted octanol–water partition coefficient (Wildman–Crippen LogP) is 0.329. The van der Waals surface area contributed by atoms with Gasteiger partial charge in [-0.3, -0.25) is 0 Å². The minimum absolute atomic E-state index is 0.500. The molecule has 0 aromatic rings. The second kappa shape index (κ2) is 5.61. The molecule has 2 aliphatic heterocycles. The fourth-order valence-corrected chi connectivity index (χ4v) is 0.589. The SMILES string of the molecule is C1COCO1.C1COOC1. The van der Waals surface area contributed by atoms with Crippen LogP contribution in [-0.4, -0.2) is 33.2 Å². The van der Waals surface area contributed by atoms with Crippen molar-refractivity contribution in [1.82, 2.24) is 0 Å². The van der Waals surface area contributed by atoms with Gasteiger partial charge in [-0.05, 0) is 0 Å². The number of ether oxygens (including phenoxy) is 2. The Morgan fingerprint density at radius 3 is 1.50 bits per heavy atom. The Kier molecular flexibility index (Phi) is 4.46. The van der Waals surface area contributed by atoms with E-state index in [1.54, 1.807) is 0 Å². The quantitative estimate of drug-likeness (QED) is 0.464. The first kappa shape index (κ1) is 7.94. The Morgan fingerprint density at radius 2 is 1.30 bits per heavy atom. The summed E-state index contributed by atoms with van der Waals surface area (Å²) in [7, 11) is 0. The molecule has 0 aromatic carbocycles. The summed E-state index contributed by atoms with van der Waals surface area (Å²) >= 11 is 0. The molecule has 0 bridgehead atoms. The summed E-state index contributed by atoms with van der Waals surface area (Å²) in [5, 5.41) is 0. The van der Waals surface area contributed by atoms with E-state index in [1.165, 1.54) is 0 Å². The van der Waals surface area contributed by atoms with Crippen LogP contribution < -0.4 is 0 Å². The van der Waals surface area contributed by atoms with Crippen LogP contribution in [0.4, 0.5) is 0 Å². The summed E-state index contributed by atoms with van der Waals surface area (Å²) in [6.07, 6.45) is 1.06. The molecule has 2 saturated heterocycles. The van der Waals surface area contributed by atoms with Crippen molar-refractivity contribution < 1.29 is 19.2 Å². The maximum atomic E-state index is 4.72. The fourth-order valence-electron chi connectivity index (χ4n) is 0.589. The highest BCUT2D eigenvalue weighted by Gasteiger charge is 1.95. The fraction of sp³-hybridized carbons (Fsp3) is 1.00. The molecule has 0 N–H and O–H groups in total. The molecule has 0 amide bonds. The second-order valence-corrected chi connectivity index (χ2v) is 1.93. The summed E-state index contributed by atoms with van der Waals surface area (Å²) < 4.78 is 9.44. The van der Waals surface area contributed by atoms with E-state index >= 15 is 0 Å². The Morgan fingerprint density at radius 1 is 0.700 bits per heavy atom. The molecular formula is C6H12O4. The molecule has 0 atom stereocenters. The van der Waals surface area contributed by atoms with Gasteiger partial charge in [-0.1, -0.05) is 0 Å². The van der Waals surface area contributed by atoms with Crippen LogP contribution in [0.3, 0.4) is 0 Å². The third kappa shape index (κ3) is 3.79. The molecule has 4 heteroatoms. The second-order valence-electron chi connectivity index (χ2n) is 1.93. The zero-order chi connectivity index (χ0) is 7.07. The Bertz CT molecular complexity index is 42.9. The zero-order valence-electron chi connectivity index (χ0n) is 5.88. The molecule has 10 heavy (non-hydrogen) atoms. The number of hydrogen-bond donors (Lipinski definition) is 0. The maximum absolute atomic E-state index is 4.72. The van der Waals surface area contributed by atoms with Crippen molar-refractivity contribution in [1.29, 1.82) is 0 Å². The highest BCUT2D eigenvalue weighted by atomic mass is 17.2. The van der Waals surface area contributed by atoms with Crippen molar-refractivity contribution in [3.63, 3.8) is 0 Å². The van der Waals surface area contributed by atoms with Crippen LogP contribution in [0.25, 0.3) is 0 Å². The monoisotopic (exact) mass is 148 g/mol. The van der Waals surface area contributed by atoms with Gasteiger partial charge in [-0.15, -0.1) is 0 Å². The average molecular weight is 148 g/mol. The maximum Gasteiger partial charge on any atom is 0.146 e. The van der Waals surface area contributed by atoms with Gasteiger partial charge in [-0.25, -0.2) is 9.78 Å². The normalized spacial score (nSPS) is 24.0. The van der Waals surface area contributed by atoms with Gasteiger partial charge in [-0.2, -0.15) is 0 Å². The van der Waals surface area contributed by atoms with Gasteiger partial charge in [0, 0.05) is 6.42 Å². The predicted molar refractivity (Wildman–Crippen MR) is 33.3 cm³/mol. The summed E-state index contributed by atoms with van der Waals surface area (Å²) in [5.74, 6) is 0. The molecule has 2 rings (SSSR count). The van der Waals surface area contributed by atoms with Gasteiger partial charge >= 0.3 is 0 Å². The topological polar surface area (TPSA) is 36.9 Å². The molecule has 0 aromatic heterocycles. The van der Waals surface area contributed by atoms with Crippen molar-refractivity contribution in [2.24, 2.45) is 0 Å². The van der Waals surface area contributed by atoms with E-state index in [0.717, 1.165) is 32.8 Å². The van der Waals surface area contributed by atoms with Crippen molar-refractivity contribution in [2.45, 2.75) is 6.42 Å². The Hall–Kier alpha value is -0.160. The lowest BCUT2D eigenvalue weighted by molar-refractivity contribution is -0.248. The largest absolute Gasteiger partial charge is 0.353 e. The molecular weight excluding hydrogens is 136 g/mol. The highest BCUT2D eigenvalue weighted by molar-refractivity contribution is 4.31. The molecule has 0 saturated carbocycles. The smallest absolute Gasteiger partial charge is 0.146 e. The lowest BCUT2D eigenvalue weighted by atomic mass is 10.5. The summed E-state index contributed by atoms with van der Waals surface area (Å²) in [5.41, 5.74) is 0. The van der Waals surface area contributed by atoms with Gasteiger partial charge in [0.1, 0.15) is 6.79 Å². The van der Waals surface area contributed by atoms with Crippen LogP contribution >= 0.6 is 0 Å². The summed E-state index contributed by atoms with van der Waals surface area (Å²) in [6, 6.07) is 0.